The largest absolute Gasteiger partial charge is 0.499 e. The first-order valence-corrected chi connectivity index (χ1v) is 11.1. The Morgan fingerprint density at radius 1 is 1.00 bits per heavy atom. The summed E-state index contributed by atoms with van der Waals surface area (Å²) in [4.78, 5) is 0. The molecule has 0 aromatic heterocycles. The molecule has 4 nitrogen and oxygen atoms in total. The maximum absolute atomic E-state index is 5.93. The first-order chi connectivity index (χ1) is 7.79. The lowest BCUT2D eigenvalue weighted by Crippen LogP contribution is -2.61. The molecule has 6 heteroatoms. The van der Waals surface area contributed by atoms with E-state index in [1.165, 1.54) is 12.8 Å². The van der Waals surface area contributed by atoms with Crippen molar-refractivity contribution in [3.8, 4) is 0 Å². The van der Waals surface area contributed by atoms with Crippen LogP contribution in [0.25, 0.3) is 0 Å². The van der Waals surface area contributed by atoms with Crippen molar-refractivity contribution in [3.63, 3.8) is 0 Å². The molecule has 96 valence electrons. The second kappa shape index (κ2) is 7.57. The van der Waals surface area contributed by atoms with Gasteiger partial charge in [-0.15, -0.1) is 0 Å². The predicted molar refractivity (Wildman–Crippen MR) is 67.8 cm³/mol. The molecule has 0 aromatic rings. The highest BCUT2D eigenvalue weighted by Gasteiger charge is 2.52. The van der Waals surface area contributed by atoms with E-state index in [9.17, 15) is 0 Å². The minimum atomic E-state index is -2.48. The summed E-state index contributed by atoms with van der Waals surface area (Å²) in [5, 5.41) is 0. The fourth-order valence-corrected chi connectivity index (χ4v) is 11.7. The summed E-state index contributed by atoms with van der Waals surface area (Å²) < 4.78 is 23.6. The Morgan fingerprint density at radius 3 is 1.94 bits per heavy atom. The van der Waals surface area contributed by atoms with Crippen LogP contribution in [0.3, 0.4) is 0 Å². The minimum Gasteiger partial charge on any atom is -0.414 e. The van der Waals surface area contributed by atoms with Gasteiger partial charge in [0.1, 0.15) is 0 Å². The summed E-state index contributed by atoms with van der Waals surface area (Å²) in [5.74, 6) is 0. The third kappa shape index (κ3) is 3.64. The SMILES string of the molecule is CCO[Si](OCC)(OCC)[SiH]1CCCCO1. The Morgan fingerprint density at radius 2 is 1.56 bits per heavy atom. The van der Waals surface area contributed by atoms with Crippen molar-refractivity contribution in [2.45, 2.75) is 39.7 Å². The third-order valence-corrected chi connectivity index (χ3v) is 12.3. The Labute approximate surface area is 101 Å². The topological polar surface area (TPSA) is 36.9 Å². The summed E-state index contributed by atoms with van der Waals surface area (Å²) in [5.41, 5.74) is 0. The van der Waals surface area contributed by atoms with Crippen LogP contribution in [-0.2, 0) is 17.7 Å². The lowest BCUT2D eigenvalue weighted by atomic mass is 10.4. The maximum atomic E-state index is 5.93. The molecule has 0 N–H and O–H groups in total. The summed E-state index contributed by atoms with van der Waals surface area (Å²) in [6.07, 6.45) is 2.40. The lowest BCUT2D eigenvalue weighted by Gasteiger charge is -2.35. The normalized spacial score (nSPS) is 22.3. The molecule has 1 aliphatic rings. The van der Waals surface area contributed by atoms with Gasteiger partial charge < -0.3 is 17.7 Å². The molecule has 1 atom stereocenters. The number of rotatable bonds is 7. The zero-order valence-electron chi connectivity index (χ0n) is 10.7. The van der Waals surface area contributed by atoms with Gasteiger partial charge in [0.25, 0.3) is 8.56 Å². The van der Waals surface area contributed by atoms with Crippen LogP contribution in [0.15, 0.2) is 0 Å². The molecule has 0 radical (unpaired) electrons. The maximum Gasteiger partial charge on any atom is 0.499 e. The van der Waals surface area contributed by atoms with Crippen molar-refractivity contribution >= 4 is 16.9 Å². The molecule has 0 spiro atoms. The van der Waals surface area contributed by atoms with E-state index in [1.807, 2.05) is 20.8 Å². The average molecular weight is 264 g/mol. The van der Waals surface area contributed by atoms with E-state index in [0.29, 0.717) is 19.8 Å². The molecule has 0 aromatic carbocycles. The van der Waals surface area contributed by atoms with Crippen LogP contribution in [0.2, 0.25) is 6.04 Å². The molecule has 0 amide bonds. The van der Waals surface area contributed by atoms with Gasteiger partial charge in [0.15, 0.2) is 0 Å². The number of hydrogen-bond acceptors (Lipinski definition) is 4. The summed E-state index contributed by atoms with van der Waals surface area (Å²) in [6, 6.07) is 1.13. The molecule has 1 rings (SSSR count). The van der Waals surface area contributed by atoms with E-state index in [2.05, 4.69) is 0 Å². The second-order valence-electron chi connectivity index (χ2n) is 3.76. The molecule has 1 unspecified atom stereocenters. The van der Waals surface area contributed by atoms with Crippen LogP contribution in [-0.4, -0.2) is 43.3 Å². The van der Waals surface area contributed by atoms with Crippen molar-refractivity contribution in [1.82, 2.24) is 0 Å². The fourth-order valence-electron chi connectivity index (χ4n) is 2.03. The van der Waals surface area contributed by atoms with Gasteiger partial charge in [-0.05, 0) is 33.2 Å². The summed E-state index contributed by atoms with van der Waals surface area (Å²) in [6.45, 7) is 8.81. The van der Waals surface area contributed by atoms with E-state index < -0.39 is 16.9 Å². The van der Waals surface area contributed by atoms with Crippen molar-refractivity contribution < 1.29 is 17.7 Å². The predicted octanol–water partition coefficient (Wildman–Crippen LogP) is 1.65. The first kappa shape index (κ1) is 14.3. The van der Waals surface area contributed by atoms with Crippen molar-refractivity contribution in [2.75, 3.05) is 26.4 Å². The van der Waals surface area contributed by atoms with Crippen LogP contribution in [0.1, 0.15) is 33.6 Å². The van der Waals surface area contributed by atoms with Gasteiger partial charge in [0, 0.05) is 26.4 Å². The lowest BCUT2D eigenvalue weighted by molar-refractivity contribution is 0.0832. The molecule has 0 saturated carbocycles. The molecule has 0 aliphatic carbocycles. The summed E-state index contributed by atoms with van der Waals surface area (Å²) >= 11 is 0. The van der Waals surface area contributed by atoms with Crippen LogP contribution >= 0.6 is 0 Å². The van der Waals surface area contributed by atoms with Crippen molar-refractivity contribution in [1.29, 1.82) is 0 Å². The zero-order valence-corrected chi connectivity index (χ0v) is 12.8. The minimum absolute atomic E-state index is 0.652. The smallest absolute Gasteiger partial charge is 0.414 e. The van der Waals surface area contributed by atoms with Gasteiger partial charge in [-0.3, -0.25) is 0 Å². The Kier molecular flexibility index (Phi) is 6.78. The molecular formula is C10H24O4Si2. The Bertz CT molecular complexity index is 169. The first-order valence-electron chi connectivity index (χ1n) is 6.32. The molecule has 1 aliphatic heterocycles. The van der Waals surface area contributed by atoms with Gasteiger partial charge in [-0.1, -0.05) is 6.42 Å². The molecule has 1 saturated heterocycles. The zero-order chi connectivity index (χ0) is 11.9. The van der Waals surface area contributed by atoms with E-state index in [4.69, 9.17) is 17.7 Å². The monoisotopic (exact) mass is 264 g/mol. The van der Waals surface area contributed by atoms with E-state index >= 15 is 0 Å². The van der Waals surface area contributed by atoms with Crippen LogP contribution < -0.4 is 0 Å². The van der Waals surface area contributed by atoms with Crippen LogP contribution in [0, 0.1) is 0 Å². The highest BCUT2D eigenvalue weighted by molar-refractivity contribution is 7.21. The number of hydrogen-bond donors (Lipinski definition) is 0. The van der Waals surface area contributed by atoms with Gasteiger partial charge >= 0.3 is 8.32 Å². The van der Waals surface area contributed by atoms with E-state index in [-0.39, 0.29) is 0 Å². The van der Waals surface area contributed by atoms with Crippen molar-refractivity contribution in [2.24, 2.45) is 0 Å². The standard InChI is InChI=1S/C10H24O4Si2/c1-4-12-16(13-5-2,14-6-3)15-10-8-7-9-11-15/h15H,4-10H2,1-3H3. The van der Waals surface area contributed by atoms with Gasteiger partial charge in [0.05, 0.1) is 0 Å². The van der Waals surface area contributed by atoms with Gasteiger partial charge in [-0.25, -0.2) is 0 Å². The quantitative estimate of drug-likeness (QED) is 0.655. The fraction of sp³-hybridized carbons (Fsp3) is 1.00. The summed E-state index contributed by atoms with van der Waals surface area (Å²) in [7, 11) is -3.94. The Balaban J connectivity index is 2.70. The Hall–Kier alpha value is 0.274. The van der Waals surface area contributed by atoms with Gasteiger partial charge in [-0.2, -0.15) is 0 Å². The second-order valence-corrected chi connectivity index (χ2v) is 11.8. The molecule has 0 bridgehead atoms. The highest BCUT2D eigenvalue weighted by Crippen LogP contribution is 2.23. The van der Waals surface area contributed by atoms with Crippen molar-refractivity contribution in [3.05, 3.63) is 0 Å². The van der Waals surface area contributed by atoms with E-state index in [0.717, 1.165) is 12.7 Å². The molecule has 16 heavy (non-hydrogen) atoms. The van der Waals surface area contributed by atoms with Crippen LogP contribution in [0.5, 0.6) is 0 Å². The molecule has 1 fully saturated rings. The third-order valence-electron chi connectivity index (χ3n) is 2.61. The highest BCUT2D eigenvalue weighted by atomic mass is 29.3. The van der Waals surface area contributed by atoms with Gasteiger partial charge in [0.2, 0.25) is 0 Å². The average Bonchev–Trinajstić information content (AvgIpc) is 2.31. The van der Waals surface area contributed by atoms with E-state index in [1.54, 1.807) is 0 Å². The van der Waals surface area contributed by atoms with Crippen LogP contribution in [0.4, 0.5) is 0 Å². The molecule has 1 heterocycles. The molecular weight excluding hydrogens is 240 g/mol.